The molecular weight excluding hydrogens is 324 g/mol. The lowest BCUT2D eigenvalue weighted by Gasteiger charge is -2.38. The molecule has 1 fully saturated rings. The molecule has 138 valence electrons. The highest BCUT2D eigenvalue weighted by Gasteiger charge is 2.31. The number of benzene rings is 1. The van der Waals surface area contributed by atoms with Crippen LogP contribution in [0.1, 0.15) is 40.7 Å². The van der Waals surface area contributed by atoms with Crippen LogP contribution in [0.2, 0.25) is 0 Å². The van der Waals surface area contributed by atoms with E-state index in [9.17, 15) is 4.79 Å². The topological polar surface area (TPSA) is 41.4 Å². The van der Waals surface area contributed by atoms with Crippen LogP contribution in [0.4, 0.5) is 0 Å². The third-order valence-electron chi connectivity index (χ3n) is 5.80. The minimum atomic E-state index is 0.122. The normalized spacial score (nSPS) is 18.3. The molecule has 1 amide bonds. The van der Waals surface area contributed by atoms with Crippen molar-refractivity contribution in [1.82, 2.24) is 19.6 Å². The SMILES string of the molecule is CCCc1cc(C(=O)N2CCN(C3Cc4ccccc4C3)CC2)n(C)n1. The molecule has 4 rings (SSSR count). The number of carbonyl (C=O) groups is 1. The van der Waals surface area contributed by atoms with E-state index in [1.807, 2.05) is 18.0 Å². The molecule has 26 heavy (non-hydrogen) atoms. The fourth-order valence-electron chi connectivity index (χ4n) is 4.35. The highest BCUT2D eigenvalue weighted by atomic mass is 16.2. The van der Waals surface area contributed by atoms with Crippen LogP contribution >= 0.6 is 0 Å². The van der Waals surface area contributed by atoms with Gasteiger partial charge in [0, 0.05) is 39.3 Å². The number of aryl methyl sites for hydroxylation is 2. The zero-order valence-corrected chi connectivity index (χ0v) is 15.8. The first-order valence-corrected chi connectivity index (χ1v) is 9.78. The summed E-state index contributed by atoms with van der Waals surface area (Å²) in [6, 6.07) is 11.3. The summed E-state index contributed by atoms with van der Waals surface area (Å²) in [5.41, 5.74) is 4.72. The molecule has 2 aliphatic rings. The van der Waals surface area contributed by atoms with Gasteiger partial charge < -0.3 is 4.90 Å². The third-order valence-corrected chi connectivity index (χ3v) is 5.80. The Morgan fingerprint density at radius 2 is 1.77 bits per heavy atom. The quantitative estimate of drug-likeness (QED) is 0.848. The van der Waals surface area contributed by atoms with Crippen molar-refractivity contribution < 1.29 is 4.79 Å². The van der Waals surface area contributed by atoms with Crippen molar-refractivity contribution >= 4 is 5.91 Å². The van der Waals surface area contributed by atoms with E-state index >= 15 is 0 Å². The summed E-state index contributed by atoms with van der Waals surface area (Å²) in [5, 5.41) is 4.48. The molecule has 5 nitrogen and oxygen atoms in total. The molecule has 0 spiro atoms. The molecule has 2 heterocycles. The molecule has 0 radical (unpaired) electrons. The highest BCUT2D eigenvalue weighted by Crippen LogP contribution is 2.26. The molecule has 1 aromatic carbocycles. The van der Waals surface area contributed by atoms with E-state index in [-0.39, 0.29) is 5.91 Å². The van der Waals surface area contributed by atoms with Gasteiger partial charge >= 0.3 is 0 Å². The predicted octanol–water partition coefficient (Wildman–Crippen LogP) is 2.30. The Hall–Kier alpha value is -2.14. The Bertz CT molecular complexity index is 764. The number of amides is 1. The van der Waals surface area contributed by atoms with E-state index in [1.165, 1.54) is 11.1 Å². The van der Waals surface area contributed by atoms with E-state index < -0.39 is 0 Å². The third kappa shape index (κ3) is 3.28. The number of fused-ring (bicyclic) bond motifs is 1. The van der Waals surface area contributed by atoms with Crippen LogP contribution < -0.4 is 0 Å². The van der Waals surface area contributed by atoms with E-state index in [0.717, 1.165) is 63.3 Å². The molecule has 5 heteroatoms. The number of hydrogen-bond donors (Lipinski definition) is 0. The van der Waals surface area contributed by atoms with Gasteiger partial charge in [0.2, 0.25) is 0 Å². The van der Waals surface area contributed by atoms with Gasteiger partial charge in [0.25, 0.3) is 5.91 Å². The summed E-state index contributed by atoms with van der Waals surface area (Å²) < 4.78 is 1.74. The monoisotopic (exact) mass is 352 g/mol. The van der Waals surface area contributed by atoms with Crippen molar-refractivity contribution in [3.8, 4) is 0 Å². The number of hydrogen-bond acceptors (Lipinski definition) is 3. The molecule has 1 saturated heterocycles. The molecule has 2 aromatic rings. The first kappa shape index (κ1) is 17.3. The Balaban J connectivity index is 1.36. The number of nitrogens with zero attached hydrogens (tertiary/aromatic N) is 4. The van der Waals surface area contributed by atoms with Crippen LogP contribution in [0.3, 0.4) is 0 Å². The van der Waals surface area contributed by atoms with Crippen LogP contribution in [0.5, 0.6) is 0 Å². The fraction of sp³-hybridized carbons (Fsp3) is 0.524. The Morgan fingerprint density at radius 3 is 2.38 bits per heavy atom. The van der Waals surface area contributed by atoms with Gasteiger partial charge in [-0.3, -0.25) is 14.4 Å². The van der Waals surface area contributed by atoms with Crippen LogP contribution in [0.25, 0.3) is 0 Å². The minimum absolute atomic E-state index is 0.122. The van der Waals surface area contributed by atoms with Crippen LogP contribution in [0, 0.1) is 0 Å². The van der Waals surface area contributed by atoms with Crippen molar-refractivity contribution in [2.75, 3.05) is 26.2 Å². The fourth-order valence-corrected chi connectivity index (χ4v) is 4.35. The van der Waals surface area contributed by atoms with Gasteiger partial charge in [-0.25, -0.2) is 0 Å². The standard InChI is InChI=1S/C21H28N4O/c1-3-6-18-15-20(23(2)22-18)21(26)25-11-9-24(10-12-25)19-13-16-7-4-5-8-17(16)14-19/h4-5,7-8,15,19H,3,6,9-14H2,1-2H3. The largest absolute Gasteiger partial charge is 0.335 e. The highest BCUT2D eigenvalue weighted by molar-refractivity contribution is 5.92. The lowest BCUT2D eigenvalue weighted by atomic mass is 10.1. The average molecular weight is 352 g/mol. The van der Waals surface area contributed by atoms with Crippen molar-refractivity contribution in [2.45, 2.75) is 38.6 Å². The van der Waals surface area contributed by atoms with Crippen molar-refractivity contribution in [3.63, 3.8) is 0 Å². The number of carbonyl (C=O) groups excluding carboxylic acids is 1. The van der Waals surface area contributed by atoms with Crippen molar-refractivity contribution in [1.29, 1.82) is 0 Å². The summed E-state index contributed by atoms with van der Waals surface area (Å²) in [6.07, 6.45) is 4.27. The molecule has 0 N–H and O–H groups in total. The summed E-state index contributed by atoms with van der Waals surface area (Å²) in [6.45, 7) is 5.67. The Morgan fingerprint density at radius 1 is 1.12 bits per heavy atom. The first-order chi connectivity index (χ1) is 12.7. The van der Waals surface area contributed by atoms with Crippen molar-refractivity contribution in [3.05, 3.63) is 52.8 Å². The van der Waals surface area contributed by atoms with E-state index in [2.05, 4.69) is 41.2 Å². The smallest absolute Gasteiger partial charge is 0.272 e. The van der Waals surface area contributed by atoms with Gasteiger partial charge in [0.15, 0.2) is 0 Å². The van der Waals surface area contributed by atoms with E-state index in [1.54, 1.807) is 4.68 Å². The maximum absolute atomic E-state index is 12.9. The maximum atomic E-state index is 12.9. The molecule has 0 unspecified atom stereocenters. The second-order valence-corrected chi connectivity index (χ2v) is 7.55. The first-order valence-electron chi connectivity index (χ1n) is 9.78. The van der Waals surface area contributed by atoms with Crippen LogP contribution in [-0.4, -0.2) is 57.7 Å². The second-order valence-electron chi connectivity index (χ2n) is 7.55. The molecular formula is C21H28N4O. The predicted molar refractivity (Wildman–Crippen MR) is 102 cm³/mol. The van der Waals surface area contributed by atoms with Gasteiger partial charge in [-0.2, -0.15) is 5.10 Å². The molecule has 0 atom stereocenters. The maximum Gasteiger partial charge on any atom is 0.272 e. The number of aromatic nitrogens is 2. The van der Waals surface area contributed by atoms with Gasteiger partial charge in [0.1, 0.15) is 5.69 Å². The zero-order valence-electron chi connectivity index (χ0n) is 15.8. The summed E-state index contributed by atoms with van der Waals surface area (Å²) in [4.78, 5) is 17.4. The molecule has 1 aromatic heterocycles. The molecule has 1 aliphatic heterocycles. The van der Waals surface area contributed by atoms with E-state index in [0.29, 0.717) is 6.04 Å². The summed E-state index contributed by atoms with van der Waals surface area (Å²) in [7, 11) is 1.87. The van der Waals surface area contributed by atoms with Gasteiger partial charge in [-0.1, -0.05) is 37.6 Å². The van der Waals surface area contributed by atoms with Crippen LogP contribution in [-0.2, 0) is 26.3 Å². The van der Waals surface area contributed by atoms with Gasteiger partial charge in [-0.05, 0) is 36.5 Å². The Kier molecular flexibility index (Phi) is 4.81. The molecule has 0 bridgehead atoms. The van der Waals surface area contributed by atoms with Gasteiger partial charge in [0.05, 0.1) is 5.69 Å². The average Bonchev–Trinajstić information content (AvgIpc) is 3.25. The van der Waals surface area contributed by atoms with Crippen LogP contribution in [0.15, 0.2) is 30.3 Å². The summed E-state index contributed by atoms with van der Waals surface area (Å²) in [5.74, 6) is 0.122. The van der Waals surface area contributed by atoms with E-state index in [4.69, 9.17) is 0 Å². The lowest BCUT2D eigenvalue weighted by molar-refractivity contribution is 0.0566. The molecule has 1 aliphatic carbocycles. The second kappa shape index (κ2) is 7.23. The van der Waals surface area contributed by atoms with Crippen molar-refractivity contribution in [2.24, 2.45) is 7.05 Å². The number of rotatable bonds is 4. The Labute approximate surface area is 155 Å². The lowest BCUT2D eigenvalue weighted by Crippen LogP contribution is -2.52. The number of piperazine rings is 1. The summed E-state index contributed by atoms with van der Waals surface area (Å²) >= 11 is 0. The molecule has 0 saturated carbocycles. The minimum Gasteiger partial charge on any atom is -0.335 e. The van der Waals surface area contributed by atoms with Gasteiger partial charge in [-0.15, -0.1) is 0 Å². The zero-order chi connectivity index (χ0) is 18.1.